The summed E-state index contributed by atoms with van der Waals surface area (Å²) in [5.74, 6) is -0.930. The summed E-state index contributed by atoms with van der Waals surface area (Å²) in [6, 6.07) is 5.04. The second kappa shape index (κ2) is 3.76. The lowest BCUT2D eigenvalue weighted by molar-refractivity contribution is -0.131. The van der Waals surface area contributed by atoms with Crippen LogP contribution in [0.15, 0.2) is 24.3 Å². The minimum atomic E-state index is -1.03. The molecule has 0 fully saturated rings. The summed E-state index contributed by atoms with van der Waals surface area (Å²) in [4.78, 5) is 10.2. The quantitative estimate of drug-likeness (QED) is 0.679. The van der Waals surface area contributed by atoms with Gasteiger partial charge in [-0.2, -0.15) is 0 Å². The zero-order valence-corrected chi connectivity index (χ0v) is 7.19. The van der Waals surface area contributed by atoms with Crippen molar-refractivity contribution in [2.24, 2.45) is 0 Å². The van der Waals surface area contributed by atoms with Crippen molar-refractivity contribution >= 4 is 12.0 Å². The highest BCUT2D eigenvalue weighted by atomic mass is 16.4. The average Bonchev–Trinajstić information content (AvgIpc) is 2.03. The molecular weight excluding hydrogens is 168 g/mol. The number of rotatable bonds is 2. The van der Waals surface area contributed by atoms with Gasteiger partial charge in [0.1, 0.15) is 5.75 Å². The number of hydrogen-bond acceptors (Lipinski definition) is 2. The zero-order chi connectivity index (χ0) is 9.84. The molecule has 0 bridgehead atoms. The van der Waals surface area contributed by atoms with E-state index in [-0.39, 0.29) is 5.75 Å². The van der Waals surface area contributed by atoms with Crippen molar-refractivity contribution in [3.05, 3.63) is 35.4 Å². The Hall–Kier alpha value is -1.77. The third-order valence-corrected chi connectivity index (χ3v) is 1.69. The Balaban J connectivity index is 3.06. The highest BCUT2D eigenvalue weighted by Crippen LogP contribution is 2.21. The van der Waals surface area contributed by atoms with Crippen LogP contribution >= 0.6 is 0 Å². The molecule has 0 saturated carbocycles. The number of aryl methyl sites for hydroxylation is 1. The zero-order valence-electron chi connectivity index (χ0n) is 7.19. The summed E-state index contributed by atoms with van der Waals surface area (Å²) in [6.07, 6.45) is 2.38. The summed E-state index contributed by atoms with van der Waals surface area (Å²) in [5, 5.41) is 17.7. The van der Waals surface area contributed by atoms with E-state index in [1.807, 2.05) is 0 Å². The molecule has 0 aliphatic carbocycles. The van der Waals surface area contributed by atoms with E-state index >= 15 is 0 Å². The summed E-state index contributed by atoms with van der Waals surface area (Å²) in [6.45, 7) is 1.81. The van der Waals surface area contributed by atoms with Crippen molar-refractivity contribution in [1.82, 2.24) is 0 Å². The normalized spacial score (nSPS) is 10.5. The van der Waals surface area contributed by atoms with Crippen molar-refractivity contribution in [3.63, 3.8) is 0 Å². The van der Waals surface area contributed by atoms with Crippen LogP contribution in [-0.2, 0) is 4.79 Å². The fourth-order valence-corrected chi connectivity index (χ4v) is 1.04. The monoisotopic (exact) mass is 178 g/mol. The van der Waals surface area contributed by atoms with Gasteiger partial charge in [0.05, 0.1) is 0 Å². The number of phenolic OH excluding ortho intramolecular Hbond substituents is 1. The van der Waals surface area contributed by atoms with Gasteiger partial charge in [-0.3, -0.25) is 0 Å². The Labute approximate surface area is 76.0 Å². The van der Waals surface area contributed by atoms with E-state index in [0.29, 0.717) is 5.56 Å². The molecule has 0 radical (unpaired) electrons. The van der Waals surface area contributed by atoms with Crippen LogP contribution in [0.1, 0.15) is 11.1 Å². The maximum atomic E-state index is 10.2. The Morgan fingerprint density at radius 2 is 2.15 bits per heavy atom. The van der Waals surface area contributed by atoms with Crippen LogP contribution in [0, 0.1) is 6.92 Å². The lowest BCUT2D eigenvalue weighted by Crippen LogP contribution is -1.87. The molecule has 1 aromatic rings. The lowest BCUT2D eigenvalue weighted by atomic mass is 10.1. The molecular formula is C10H10O3. The van der Waals surface area contributed by atoms with Crippen LogP contribution in [-0.4, -0.2) is 16.2 Å². The Bertz CT molecular complexity index is 333. The van der Waals surface area contributed by atoms with Crippen molar-refractivity contribution in [3.8, 4) is 5.75 Å². The van der Waals surface area contributed by atoms with Crippen molar-refractivity contribution < 1.29 is 15.0 Å². The van der Waals surface area contributed by atoms with Gasteiger partial charge in [-0.1, -0.05) is 12.1 Å². The molecule has 68 valence electrons. The Morgan fingerprint density at radius 3 is 2.69 bits per heavy atom. The second-order valence-electron chi connectivity index (χ2n) is 2.68. The number of carboxylic acid groups (broad SMARTS) is 1. The van der Waals surface area contributed by atoms with Gasteiger partial charge in [0, 0.05) is 11.6 Å². The SMILES string of the molecule is Cc1cccc(O)c1/C=C/C(=O)O. The van der Waals surface area contributed by atoms with Gasteiger partial charge in [-0.25, -0.2) is 4.79 Å². The number of carboxylic acids is 1. The molecule has 0 spiro atoms. The Kier molecular flexibility index (Phi) is 2.69. The highest BCUT2D eigenvalue weighted by Gasteiger charge is 2.00. The third-order valence-electron chi connectivity index (χ3n) is 1.69. The fraction of sp³-hybridized carbons (Fsp3) is 0.100. The molecule has 0 saturated heterocycles. The predicted octanol–water partition coefficient (Wildman–Crippen LogP) is 1.80. The summed E-state index contributed by atoms with van der Waals surface area (Å²) >= 11 is 0. The average molecular weight is 178 g/mol. The molecule has 0 heterocycles. The molecule has 0 atom stereocenters. The minimum Gasteiger partial charge on any atom is -0.507 e. The van der Waals surface area contributed by atoms with Crippen LogP contribution in [0.4, 0.5) is 0 Å². The molecule has 1 rings (SSSR count). The van der Waals surface area contributed by atoms with Gasteiger partial charge >= 0.3 is 5.97 Å². The number of phenols is 1. The highest BCUT2D eigenvalue weighted by molar-refractivity contribution is 5.86. The summed E-state index contributed by atoms with van der Waals surface area (Å²) in [5.41, 5.74) is 1.39. The first-order chi connectivity index (χ1) is 6.11. The molecule has 0 aliphatic rings. The van der Waals surface area contributed by atoms with Crippen LogP contribution in [0.2, 0.25) is 0 Å². The van der Waals surface area contributed by atoms with Crippen LogP contribution < -0.4 is 0 Å². The number of aromatic hydroxyl groups is 1. The number of benzene rings is 1. The third kappa shape index (κ3) is 2.33. The van der Waals surface area contributed by atoms with E-state index in [9.17, 15) is 9.90 Å². The first-order valence-electron chi connectivity index (χ1n) is 3.81. The van der Waals surface area contributed by atoms with Gasteiger partial charge in [-0.05, 0) is 24.6 Å². The first kappa shape index (κ1) is 9.32. The van der Waals surface area contributed by atoms with Gasteiger partial charge in [0.25, 0.3) is 0 Å². The topological polar surface area (TPSA) is 57.5 Å². The van der Waals surface area contributed by atoms with Gasteiger partial charge in [0.2, 0.25) is 0 Å². The van der Waals surface area contributed by atoms with E-state index in [1.54, 1.807) is 19.1 Å². The molecule has 3 heteroatoms. The number of carbonyl (C=O) groups is 1. The molecule has 13 heavy (non-hydrogen) atoms. The van der Waals surface area contributed by atoms with Crippen molar-refractivity contribution in [1.29, 1.82) is 0 Å². The maximum Gasteiger partial charge on any atom is 0.328 e. The van der Waals surface area contributed by atoms with E-state index in [0.717, 1.165) is 11.6 Å². The first-order valence-corrected chi connectivity index (χ1v) is 3.81. The smallest absolute Gasteiger partial charge is 0.328 e. The number of aliphatic carboxylic acids is 1. The van der Waals surface area contributed by atoms with Crippen LogP contribution in [0.3, 0.4) is 0 Å². The lowest BCUT2D eigenvalue weighted by Gasteiger charge is -2.01. The van der Waals surface area contributed by atoms with Crippen LogP contribution in [0.5, 0.6) is 5.75 Å². The molecule has 3 nitrogen and oxygen atoms in total. The molecule has 0 amide bonds. The standard InChI is InChI=1S/C10H10O3/c1-7-3-2-4-9(11)8(7)5-6-10(12)13/h2-6,11H,1H3,(H,12,13)/b6-5+. The Morgan fingerprint density at radius 1 is 1.46 bits per heavy atom. The fourth-order valence-electron chi connectivity index (χ4n) is 1.04. The van der Waals surface area contributed by atoms with E-state index in [1.165, 1.54) is 12.1 Å². The minimum absolute atomic E-state index is 0.0949. The van der Waals surface area contributed by atoms with Gasteiger partial charge in [0.15, 0.2) is 0 Å². The van der Waals surface area contributed by atoms with E-state index < -0.39 is 5.97 Å². The predicted molar refractivity (Wildman–Crippen MR) is 49.5 cm³/mol. The number of hydrogen-bond donors (Lipinski definition) is 2. The van der Waals surface area contributed by atoms with E-state index in [2.05, 4.69) is 0 Å². The van der Waals surface area contributed by atoms with E-state index in [4.69, 9.17) is 5.11 Å². The largest absolute Gasteiger partial charge is 0.507 e. The van der Waals surface area contributed by atoms with Crippen molar-refractivity contribution in [2.75, 3.05) is 0 Å². The van der Waals surface area contributed by atoms with Gasteiger partial charge in [-0.15, -0.1) is 0 Å². The summed E-state index contributed by atoms with van der Waals surface area (Å²) < 4.78 is 0. The second-order valence-corrected chi connectivity index (χ2v) is 2.68. The van der Waals surface area contributed by atoms with Crippen molar-refractivity contribution in [2.45, 2.75) is 6.92 Å². The molecule has 0 aliphatic heterocycles. The maximum absolute atomic E-state index is 10.2. The van der Waals surface area contributed by atoms with Gasteiger partial charge < -0.3 is 10.2 Å². The molecule has 2 N–H and O–H groups in total. The molecule has 0 unspecified atom stereocenters. The molecule has 0 aromatic heterocycles. The molecule has 1 aromatic carbocycles. The van der Waals surface area contributed by atoms with Crippen LogP contribution in [0.25, 0.3) is 6.08 Å². The summed E-state index contributed by atoms with van der Waals surface area (Å²) in [7, 11) is 0.